The zero-order chi connectivity index (χ0) is 11.5. The largest absolute Gasteiger partial charge is 0.409 e. The maximum Gasteiger partial charge on any atom is 0.139 e. The van der Waals surface area contributed by atoms with Crippen molar-refractivity contribution >= 4 is 5.84 Å². The number of rotatable bonds is 8. The van der Waals surface area contributed by atoms with Gasteiger partial charge in [-0.05, 0) is 25.8 Å². The number of nitrogens with two attached hydrogens (primary N) is 1. The number of unbranched alkanes of at least 4 members (excludes halogenated alkanes) is 1. The first-order chi connectivity index (χ1) is 7.24. The highest BCUT2D eigenvalue weighted by Gasteiger charge is 2.02. The van der Waals surface area contributed by atoms with E-state index in [1.54, 1.807) is 0 Å². The third-order valence-electron chi connectivity index (χ3n) is 2.28. The molecule has 0 aromatic rings. The van der Waals surface area contributed by atoms with Gasteiger partial charge in [-0.25, -0.2) is 0 Å². The maximum atomic E-state index is 8.31. The van der Waals surface area contributed by atoms with Crippen molar-refractivity contribution in [2.75, 3.05) is 6.54 Å². The van der Waals surface area contributed by atoms with Crippen LogP contribution in [-0.4, -0.2) is 23.6 Å². The second-order valence-electron chi connectivity index (χ2n) is 3.52. The van der Waals surface area contributed by atoms with Crippen LogP contribution in [0.1, 0.15) is 39.0 Å². The van der Waals surface area contributed by atoms with E-state index >= 15 is 0 Å². The highest BCUT2D eigenvalue weighted by atomic mass is 16.4. The summed E-state index contributed by atoms with van der Waals surface area (Å²) in [4.78, 5) is 0. The highest BCUT2D eigenvalue weighted by Crippen LogP contribution is 1.98. The van der Waals surface area contributed by atoms with Crippen LogP contribution in [0.3, 0.4) is 0 Å². The Bertz CT molecular complexity index is 220. The predicted octanol–water partition coefficient (Wildman–Crippen LogP) is 1.29. The van der Waals surface area contributed by atoms with E-state index in [0.717, 1.165) is 32.2 Å². The number of nitrogens with zero attached hydrogens (tertiary/aromatic N) is 1. The highest BCUT2D eigenvalue weighted by molar-refractivity contribution is 5.79. The predicted molar refractivity (Wildman–Crippen MR) is 62.8 cm³/mol. The molecule has 0 rings (SSSR count). The molecule has 0 aliphatic rings. The molecule has 0 fully saturated rings. The Morgan fingerprint density at radius 1 is 1.60 bits per heavy atom. The molecular formula is C11H21N3O. The molecule has 0 aromatic carbocycles. The van der Waals surface area contributed by atoms with Gasteiger partial charge in [-0.1, -0.05) is 12.1 Å². The summed E-state index contributed by atoms with van der Waals surface area (Å²) in [6, 6.07) is 0.416. The topological polar surface area (TPSA) is 70.6 Å². The summed E-state index contributed by atoms with van der Waals surface area (Å²) in [6.07, 6.45) is 9.64. The van der Waals surface area contributed by atoms with Crippen molar-refractivity contribution in [3.05, 3.63) is 0 Å². The maximum absolute atomic E-state index is 8.31. The summed E-state index contributed by atoms with van der Waals surface area (Å²) in [5.41, 5.74) is 5.34. The van der Waals surface area contributed by atoms with Crippen molar-refractivity contribution in [1.29, 1.82) is 0 Å². The first-order valence-corrected chi connectivity index (χ1v) is 5.37. The van der Waals surface area contributed by atoms with Crippen molar-refractivity contribution in [1.82, 2.24) is 5.32 Å². The van der Waals surface area contributed by atoms with E-state index in [9.17, 15) is 0 Å². The van der Waals surface area contributed by atoms with Crippen molar-refractivity contribution < 1.29 is 5.21 Å². The SMILES string of the molecule is C#CCC(CC)NCCCCC(N)=NO. The summed E-state index contributed by atoms with van der Waals surface area (Å²) in [7, 11) is 0. The third kappa shape index (κ3) is 7.83. The molecule has 0 aliphatic heterocycles. The van der Waals surface area contributed by atoms with Gasteiger partial charge in [0.1, 0.15) is 5.84 Å². The molecule has 0 radical (unpaired) electrons. The average molecular weight is 211 g/mol. The van der Waals surface area contributed by atoms with Crippen LogP contribution in [0.4, 0.5) is 0 Å². The van der Waals surface area contributed by atoms with Crippen molar-refractivity contribution in [3.8, 4) is 12.3 Å². The molecule has 0 bridgehead atoms. The molecule has 0 heterocycles. The van der Waals surface area contributed by atoms with Crippen LogP contribution in [0.5, 0.6) is 0 Å². The first-order valence-electron chi connectivity index (χ1n) is 5.37. The lowest BCUT2D eigenvalue weighted by Gasteiger charge is -2.13. The number of amidine groups is 1. The molecule has 86 valence electrons. The fraction of sp³-hybridized carbons (Fsp3) is 0.727. The Kier molecular flexibility index (Phi) is 8.59. The quantitative estimate of drug-likeness (QED) is 0.141. The Morgan fingerprint density at radius 3 is 2.87 bits per heavy atom. The average Bonchev–Trinajstić information content (AvgIpc) is 2.26. The Hall–Kier alpha value is -1.21. The smallest absolute Gasteiger partial charge is 0.139 e. The van der Waals surface area contributed by atoms with Gasteiger partial charge in [-0.3, -0.25) is 0 Å². The summed E-state index contributed by atoms with van der Waals surface area (Å²) >= 11 is 0. The normalized spacial score (nSPS) is 13.5. The van der Waals surface area contributed by atoms with E-state index in [1.165, 1.54) is 0 Å². The standard InChI is InChI=1S/C11H21N3O/c1-3-7-10(4-2)13-9-6-5-8-11(12)14-15/h1,10,13,15H,4-9H2,2H3,(H2,12,14). The Morgan fingerprint density at radius 2 is 2.33 bits per heavy atom. The summed E-state index contributed by atoms with van der Waals surface area (Å²) in [5, 5.41) is 14.6. The van der Waals surface area contributed by atoms with Crippen LogP contribution in [0.15, 0.2) is 5.16 Å². The van der Waals surface area contributed by atoms with Crippen molar-refractivity contribution in [3.63, 3.8) is 0 Å². The van der Waals surface area contributed by atoms with Gasteiger partial charge < -0.3 is 16.3 Å². The second kappa shape index (κ2) is 9.35. The molecule has 0 aliphatic carbocycles. The Labute approximate surface area is 91.9 Å². The minimum absolute atomic E-state index is 0.297. The number of hydrogen-bond acceptors (Lipinski definition) is 3. The first kappa shape index (κ1) is 13.8. The van der Waals surface area contributed by atoms with Crippen molar-refractivity contribution in [2.24, 2.45) is 10.9 Å². The fourth-order valence-corrected chi connectivity index (χ4v) is 1.29. The van der Waals surface area contributed by atoms with Crippen LogP contribution in [0.2, 0.25) is 0 Å². The molecule has 15 heavy (non-hydrogen) atoms. The Balaban J connectivity index is 3.41. The van der Waals surface area contributed by atoms with Crippen LogP contribution in [-0.2, 0) is 0 Å². The monoisotopic (exact) mass is 211 g/mol. The summed E-state index contributed by atoms with van der Waals surface area (Å²) in [6.45, 7) is 3.05. The molecular weight excluding hydrogens is 190 g/mol. The lowest BCUT2D eigenvalue weighted by Crippen LogP contribution is -2.29. The van der Waals surface area contributed by atoms with E-state index in [-0.39, 0.29) is 0 Å². The lowest BCUT2D eigenvalue weighted by atomic mass is 10.1. The van der Waals surface area contributed by atoms with E-state index in [2.05, 4.69) is 23.3 Å². The van der Waals surface area contributed by atoms with Gasteiger partial charge in [0.25, 0.3) is 0 Å². The van der Waals surface area contributed by atoms with Crippen LogP contribution in [0, 0.1) is 12.3 Å². The number of hydrogen-bond donors (Lipinski definition) is 3. The molecule has 1 atom stereocenters. The summed E-state index contributed by atoms with van der Waals surface area (Å²) < 4.78 is 0. The van der Waals surface area contributed by atoms with E-state index in [0.29, 0.717) is 18.3 Å². The van der Waals surface area contributed by atoms with Gasteiger partial charge in [0, 0.05) is 18.9 Å². The number of nitrogens with one attached hydrogen (secondary N) is 1. The van der Waals surface area contributed by atoms with Gasteiger partial charge in [-0.2, -0.15) is 0 Å². The second-order valence-corrected chi connectivity index (χ2v) is 3.52. The van der Waals surface area contributed by atoms with Gasteiger partial charge in [0.2, 0.25) is 0 Å². The van der Waals surface area contributed by atoms with Crippen LogP contribution < -0.4 is 11.1 Å². The van der Waals surface area contributed by atoms with E-state index in [4.69, 9.17) is 17.4 Å². The van der Waals surface area contributed by atoms with Gasteiger partial charge in [-0.15, -0.1) is 12.3 Å². The molecule has 0 saturated carbocycles. The van der Waals surface area contributed by atoms with Gasteiger partial charge >= 0.3 is 0 Å². The van der Waals surface area contributed by atoms with Crippen LogP contribution in [0.25, 0.3) is 0 Å². The zero-order valence-corrected chi connectivity index (χ0v) is 9.37. The van der Waals surface area contributed by atoms with Gasteiger partial charge in [0.05, 0.1) is 0 Å². The lowest BCUT2D eigenvalue weighted by molar-refractivity contribution is 0.316. The molecule has 0 spiro atoms. The summed E-state index contributed by atoms with van der Waals surface area (Å²) in [5.74, 6) is 2.95. The zero-order valence-electron chi connectivity index (χ0n) is 9.37. The third-order valence-corrected chi connectivity index (χ3v) is 2.28. The molecule has 4 heteroatoms. The molecule has 0 saturated heterocycles. The van der Waals surface area contributed by atoms with Gasteiger partial charge in [0.15, 0.2) is 0 Å². The van der Waals surface area contributed by atoms with Crippen molar-refractivity contribution in [2.45, 2.75) is 45.1 Å². The molecule has 0 aromatic heterocycles. The molecule has 4 nitrogen and oxygen atoms in total. The number of terminal acetylenes is 1. The van der Waals surface area contributed by atoms with Crippen LogP contribution >= 0.6 is 0 Å². The molecule has 0 amide bonds. The minimum Gasteiger partial charge on any atom is -0.409 e. The fourth-order valence-electron chi connectivity index (χ4n) is 1.29. The van der Waals surface area contributed by atoms with E-state index < -0.39 is 0 Å². The number of oxime groups is 1. The minimum atomic E-state index is 0.297. The molecule has 1 unspecified atom stereocenters. The van der Waals surface area contributed by atoms with E-state index in [1.807, 2.05) is 0 Å². The molecule has 4 N–H and O–H groups in total.